The number of carbonyl (C=O) groups is 2. The number of fused-ring (bicyclic) bond motifs is 1. The van der Waals surface area contributed by atoms with E-state index in [-0.39, 0.29) is 23.8 Å². The molecule has 2 aromatic rings. The van der Waals surface area contributed by atoms with Crippen LogP contribution in [-0.4, -0.2) is 42.4 Å². The number of carbonyl (C=O) groups excluding carboxylic acids is 2. The molecule has 6 rings (SSSR count). The van der Waals surface area contributed by atoms with E-state index in [0.29, 0.717) is 5.92 Å². The normalized spacial score (nSPS) is 24.2. The first kappa shape index (κ1) is 24.5. The number of hydrogen-bond acceptors (Lipinski definition) is 3. The fraction of sp³-hybridized carbons (Fsp3) is 0.562. The van der Waals surface area contributed by atoms with Crippen LogP contribution in [0, 0.1) is 11.8 Å². The van der Waals surface area contributed by atoms with Crippen LogP contribution in [0.15, 0.2) is 42.5 Å². The van der Waals surface area contributed by atoms with Crippen molar-refractivity contribution in [3.8, 4) is 0 Å². The van der Waals surface area contributed by atoms with Crippen molar-refractivity contribution in [1.82, 2.24) is 4.90 Å². The minimum absolute atomic E-state index is 0.0254. The standard InChI is InChI=1S/C32H41N3O2/c36-31(33-26-18-17-23-12-8-13-25(23)22-26)28-15-9-21-35(30(28)24-10-2-1-3-11-24)32(37)27-14-4-5-16-29(27)34-19-6-7-20-34/h4-5,14,16-18,22,24,28,30H,1-3,6-13,15,19-21H2,(H,33,36). The van der Waals surface area contributed by atoms with E-state index in [1.807, 2.05) is 18.2 Å². The number of amides is 2. The second-order valence-corrected chi connectivity index (χ2v) is 11.7. The minimum Gasteiger partial charge on any atom is -0.371 e. The number of anilines is 2. The highest BCUT2D eigenvalue weighted by Gasteiger charge is 2.43. The first-order valence-corrected chi connectivity index (χ1v) is 14.8. The third kappa shape index (κ3) is 5.02. The van der Waals surface area contributed by atoms with Crippen molar-refractivity contribution in [2.75, 3.05) is 29.9 Å². The highest BCUT2D eigenvalue weighted by molar-refractivity contribution is 6.01. The van der Waals surface area contributed by atoms with Crippen molar-refractivity contribution in [2.24, 2.45) is 11.8 Å². The molecular formula is C32H41N3O2. The Balaban J connectivity index is 1.28. The summed E-state index contributed by atoms with van der Waals surface area (Å²) in [4.78, 5) is 32.6. The van der Waals surface area contributed by atoms with Crippen molar-refractivity contribution >= 4 is 23.2 Å². The summed E-state index contributed by atoms with van der Waals surface area (Å²) >= 11 is 0. The molecule has 5 heteroatoms. The van der Waals surface area contributed by atoms with Gasteiger partial charge in [-0.25, -0.2) is 0 Å². The quantitative estimate of drug-likeness (QED) is 0.532. The number of benzene rings is 2. The zero-order valence-corrected chi connectivity index (χ0v) is 22.1. The Labute approximate surface area is 221 Å². The lowest BCUT2D eigenvalue weighted by Crippen LogP contribution is -2.55. The van der Waals surface area contributed by atoms with Gasteiger partial charge in [-0.15, -0.1) is 0 Å². The van der Waals surface area contributed by atoms with E-state index < -0.39 is 0 Å². The topological polar surface area (TPSA) is 52.7 Å². The SMILES string of the molecule is O=C(Nc1ccc2c(c1)CCC2)C1CCCN(C(=O)c2ccccc2N2CCCC2)C1C1CCCCC1. The molecule has 2 unspecified atom stereocenters. The molecule has 2 aromatic carbocycles. The predicted octanol–water partition coefficient (Wildman–Crippen LogP) is 6.22. The van der Waals surface area contributed by atoms with E-state index >= 15 is 0 Å². The lowest BCUT2D eigenvalue weighted by Gasteiger charge is -2.46. The first-order valence-electron chi connectivity index (χ1n) is 14.8. The Bertz CT molecular complexity index is 1130. The van der Waals surface area contributed by atoms with Crippen molar-refractivity contribution in [3.63, 3.8) is 0 Å². The van der Waals surface area contributed by atoms with Gasteiger partial charge in [0.15, 0.2) is 0 Å². The summed E-state index contributed by atoms with van der Waals surface area (Å²) < 4.78 is 0. The summed E-state index contributed by atoms with van der Waals surface area (Å²) in [7, 11) is 0. The number of likely N-dealkylation sites (tertiary alicyclic amines) is 1. The van der Waals surface area contributed by atoms with Crippen LogP contribution in [0.4, 0.5) is 11.4 Å². The van der Waals surface area contributed by atoms with Crippen molar-refractivity contribution in [1.29, 1.82) is 0 Å². The third-order valence-electron chi connectivity index (χ3n) is 9.36. The molecule has 0 aromatic heterocycles. The maximum absolute atomic E-state index is 14.3. The van der Waals surface area contributed by atoms with Gasteiger partial charge in [-0.05, 0) is 99.1 Å². The van der Waals surface area contributed by atoms with Crippen LogP contribution in [-0.2, 0) is 17.6 Å². The van der Waals surface area contributed by atoms with Crippen LogP contribution in [0.5, 0.6) is 0 Å². The molecule has 0 bridgehead atoms. The van der Waals surface area contributed by atoms with Crippen LogP contribution in [0.2, 0.25) is 0 Å². The molecule has 196 valence electrons. The van der Waals surface area contributed by atoms with Crippen LogP contribution in [0.3, 0.4) is 0 Å². The van der Waals surface area contributed by atoms with Gasteiger partial charge in [-0.1, -0.05) is 37.5 Å². The number of nitrogens with one attached hydrogen (secondary N) is 1. The fourth-order valence-corrected chi connectivity index (χ4v) is 7.53. The van der Waals surface area contributed by atoms with Crippen molar-refractivity contribution < 1.29 is 9.59 Å². The molecule has 3 fully saturated rings. The molecule has 0 spiro atoms. The zero-order chi connectivity index (χ0) is 25.2. The monoisotopic (exact) mass is 499 g/mol. The predicted molar refractivity (Wildman–Crippen MR) is 149 cm³/mol. The summed E-state index contributed by atoms with van der Waals surface area (Å²) in [5.41, 5.74) is 5.59. The van der Waals surface area contributed by atoms with Crippen LogP contribution >= 0.6 is 0 Å². The van der Waals surface area contributed by atoms with Gasteiger partial charge < -0.3 is 15.1 Å². The molecule has 37 heavy (non-hydrogen) atoms. The summed E-state index contributed by atoms with van der Waals surface area (Å²) in [6.45, 7) is 2.78. The molecule has 2 heterocycles. The molecule has 0 radical (unpaired) electrons. The van der Waals surface area contributed by atoms with Gasteiger partial charge in [0.2, 0.25) is 5.91 Å². The Morgan fingerprint density at radius 3 is 2.38 bits per heavy atom. The molecule has 2 aliphatic carbocycles. The van der Waals surface area contributed by atoms with E-state index in [1.54, 1.807) is 0 Å². The first-order chi connectivity index (χ1) is 18.2. The highest BCUT2D eigenvalue weighted by Crippen LogP contribution is 2.39. The Kier molecular flexibility index (Phi) is 7.21. The second kappa shape index (κ2) is 10.9. The minimum atomic E-state index is -0.159. The number of para-hydroxylation sites is 1. The number of aryl methyl sites for hydroxylation is 2. The van der Waals surface area contributed by atoms with Crippen LogP contribution in [0.25, 0.3) is 0 Å². The van der Waals surface area contributed by atoms with Gasteiger partial charge in [0.1, 0.15) is 0 Å². The van der Waals surface area contributed by atoms with Gasteiger partial charge in [-0.3, -0.25) is 9.59 Å². The maximum atomic E-state index is 14.3. The highest BCUT2D eigenvalue weighted by atomic mass is 16.2. The Hall–Kier alpha value is -2.82. The Morgan fingerprint density at radius 2 is 1.54 bits per heavy atom. The third-order valence-corrected chi connectivity index (χ3v) is 9.36. The van der Waals surface area contributed by atoms with Crippen LogP contribution < -0.4 is 10.2 Å². The summed E-state index contributed by atoms with van der Waals surface area (Å²) in [6.07, 6.45) is 13.4. The number of nitrogens with zero attached hydrogens (tertiary/aromatic N) is 2. The van der Waals surface area contributed by atoms with E-state index in [9.17, 15) is 9.59 Å². The molecule has 2 saturated heterocycles. The van der Waals surface area contributed by atoms with Gasteiger partial charge in [-0.2, -0.15) is 0 Å². The summed E-state index contributed by atoms with van der Waals surface area (Å²) in [5.74, 6) is 0.452. The van der Waals surface area contributed by atoms with E-state index in [2.05, 4.69) is 39.4 Å². The summed E-state index contributed by atoms with van der Waals surface area (Å²) in [6, 6.07) is 14.5. The largest absolute Gasteiger partial charge is 0.371 e. The lowest BCUT2D eigenvalue weighted by molar-refractivity contribution is -0.124. The number of hydrogen-bond donors (Lipinski definition) is 1. The van der Waals surface area contributed by atoms with Crippen molar-refractivity contribution in [3.05, 3.63) is 59.2 Å². The van der Waals surface area contributed by atoms with E-state index in [1.165, 1.54) is 49.7 Å². The lowest BCUT2D eigenvalue weighted by atomic mass is 9.74. The molecular weight excluding hydrogens is 458 g/mol. The average molecular weight is 500 g/mol. The molecule has 1 N–H and O–H groups in total. The van der Waals surface area contributed by atoms with Gasteiger partial charge in [0, 0.05) is 37.1 Å². The van der Waals surface area contributed by atoms with E-state index in [0.717, 1.165) is 75.1 Å². The van der Waals surface area contributed by atoms with Crippen LogP contribution in [0.1, 0.15) is 85.7 Å². The molecule has 2 atom stereocenters. The average Bonchev–Trinajstić information content (AvgIpc) is 3.65. The maximum Gasteiger partial charge on any atom is 0.256 e. The molecule has 5 nitrogen and oxygen atoms in total. The molecule has 4 aliphatic rings. The summed E-state index contributed by atoms with van der Waals surface area (Å²) in [5, 5.41) is 3.28. The number of piperidine rings is 1. The molecule has 1 saturated carbocycles. The number of rotatable bonds is 5. The van der Waals surface area contributed by atoms with Crippen molar-refractivity contribution in [2.45, 2.75) is 83.1 Å². The van der Waals surface area contributed by atoms with Gasteiger partial charge in [0.05, 0.1) is 11.5 Å². The Morgan fingerprint density at radius 1 is 0.757 bits per heavy atom. The second-order valence-electron chi connectivity index (χ2n) is 11.7. The fourth-order valence-electron chi connectivity index (χ4n) is 7.53. The molecule has 2 aliphatic heterocycles. The smallest absolute Gasteiger partial charge is 0.256 e. The van der Waals surface area contributed by atoms with Gasteiger partial charge in [0.25, 0.3) is 5.91 Å². The van der Waals surface area contributed by atoms with Gasteiger partial charge >= 0.3 is 0 Å². The zero-order valence-electron chi connectivity index (χ0n) is 22.1. The molecule has 2 amide bonds. The van der Waals surface area contributed by atoms with E-state index in [4.69, 9.17) is 0 Å².